The quantitative estimate of drug-likeness (QED) is 0.581. The van der Waals surface area contributed by atoms with Crippen LogP contribution < -0.4 is 5.32 Å². The van der Waals surface area contributed by atoms with Gasteiger partial charge < -0.3 is 9.84 Å². The van der Waals surface area contributed by atoms with Gasteiger partial charge >= 0.3 is 0 Å². The average molecular weight is 479 g/mol. The summed E-state index contributed by atoms with van der Waals surface area (Å²) < 4.78 is 45.6. The van der Waals surface area contributed by atoms with Crippen molar-refractivity contribution in [3.05, 3.63) is 58.2 Å². The molecule has 1 amide bonds. The number of hydrogen-bond donors (Lipinski definition) is 1. The fraction of sp³-hybridized carbons (Fsp3) is 0.381. The molecule has 0 saturated carbocycles. The summed E-state index contributed by atoms with van der Waals surface area (Å²) in [5.74, 6) is -0.788. The minimum Gasteiger partial charge on any atom is -0.360 e. The van der Waals surface area contributed by atoms with Crippen LogP contribution in [0.2, 0.25) is 0 Å². The number of benzene rings is 1. The van der Waals surface area contributed by atoms with Gasteiger partial charge in [0.1, 0.15) is 16.4 Å². The number of rotatable bonds is 6. The summed E-state index contributed by atoms with van der Waals surface area (Å²) in [4.78, 5) is 18.1. The summed E-state index contributed by atoms with van der Waals surface area (Å²) >= 11 is 1.34. The van der Waals surface area contributed by atoms with Crippen molar-refractivity contribution in [2.24, 2.45) is 5.92 Å². The Hall–Kier alpha value is -2.63. The molecule has 32 heavy (non-hydrogen) atoms. The lowest BCUT2D eigenvalue weighted by molar-refractivity contribution is -0.120. The van der Waals surface area contributed by atoms with Crippen molar-refractivity contribution in [2.75, 3.05) is 18.4 Å². The van der Waals surface area contributed by atoms with E-state index in [0.717, 1.165) is 10.4 Å². The average Bonchev–Trinajstić information content (AvgIpc) is 3.35. The lowest BCUT2D eigenvalue weighted by Crippen LogP contribution is -2.43. The number of carbonyl (C=O) groups is 1. The molecule has 3 aromatic rings. The molecule has 1 unspecified atom stereocenters. The van der Waals surface area contributed by atoms with E-state index in [4.69, 9.17) is 4.52 Å². The molecular weight excluding hydrogens is 455 g/mol. The number of amides is 1. The lowest BCUT2D eigenvalue weighted by atomic mass is 9.99. The zero-order chi connectivity index (χ0) is 22.9. The van der Waals surface area contributed by atoms with Crippen molar-refractivity contribution < 1.29 is 22.1 Å². The Morgan fingerprint density at radius 2 is 2.06 bits per heavy atom. The second kappa shape index (κ2) is 9.08. The highest BCUT2D eigenvalue weighted by atomic mass is 32.2. The molecule has 1 N–H and O–H groups in total. The molecule has 11 heteroatoms. The lowest BCUT2D eigenvalue weighted by Gasteiger charge is -2.30. The van der Waals surface area contributed by atoms with E-state index in [2.05, 4.69) is 15.5 Å². The van der Waals surface area contributed by atoms with E-state index in [-0.39, 0.29) is 28.9 Å². The minimum atomic E-state index is -3.80. The predicted molar refractivity (Wildman–Crippen MR) is 117 cm³/mol. The number of nitrogens with one attached hydrogen (secondary N) is 1. The van der Waals surface area contributed by atoms with Crippen molar-refractivity contribution in [1.82, 2.24) is 14.4 Å². The molecule has 3 heterocycles. The summed E-state index contributed by atoms with van der Waals surface area (Å²) in [5, 5.41) is 7.01. The van der Waals surface area contributed by atoms with Crippen LogP contribution in [-0.2, 0) is 21.2 Å². The van der Waals surface area contributed by atoms with Gasteiger partial charge in [0.25, 0.3) is 0 Å². The number of anilines is 1. The first-order chi connectivity index (χ1) is 15.2. The van der Waals surface area contributed by atoms with Crippen LogP contribution in [0.15, 0.2) is 39.9 Å². The number of aromatic nitrogens is 2. The molecule has 170 valence electrons. The van der Waals surface area contributed by atoms with Crippen molar-refractivity contribution >= 4 is 32.4 Å². The maximum Gasteiger partial charge on any atom is 0.248 e. The Morgan fingerprint density at radius 3 is 2.75 bits per heavy atom. The van der Waals surface area contributed by atoms with Gasteiger partial charge in [0.15, 0.2) is 10.9 Å². The van der Waals surface area contributed by atoms with E-state index in [9.17, 15) is 17.6 Å². The molecule has 1 aromatic carbocycles. The summed E-state index contributed by atoms with van der Waals surface area (Å²) in [6.45, 7) is 3.58. The second-order valence-electron chi connectivity index (χ2n) is 7.78. The van der Waals surface area contributed by atoms with Gasteiger partial charge in [0.2, 0.25) is 15.9 Å². The number of thiazole rings is 1. The topological polar surface area (TPSA) is 105 Å². The van der Waals surface area contributed by atoms with Gasteiger partial charge in [-0.25, -0.2) is 17.8 Å². The van der Waals surface area contributed by atoms with Crippen LogP contribution in [0.1, 0.15) is 34.7 Å². The van der Waals surface area contributed by atoms with Gasteiger partial charge in [-0.15, -0.1) is 11.3 Å². The van der Waals surface area contributed by atoms with Crippen molar-refractivity contribution in [1.29, 1.82) is 0 Å². The molecule has 0 bridgehead atoms. The predicted octanol–water partition coefficient (Wildman–Crippen LogP) is 3.52. The Bertz CT molecular complexity index is 1200. The van der Waals surface area contributed by atoms with Gasteiger partial charge in [-0.2, -0.15) is 4.31 Å². The maximum absolute atomic E-state index is 13.1. The van der Waals surface area contributed by atoms with Gasteiger partial charge in [0.05, 0.1) is 5.92 Å². The summed E-state index contributed by atoms with van der Waals surface area (Å²) in [6.07, 6.45) is 3.43. The summed E-state index contributed by atoms with van der Waals surface area (Å²) in [6, 6.07) is 6.24. The van der Waals surface area contributed by atoms with Gasteiger partial charge in [0, 0.05) is 30.6 Å². The molecule has 0 spiro atoms. The van der Waals surface area contributed by atoms with Crippen molar-refractivity contribution in [2.45, 2.75) is 38.0 Å². The normalized spacial score (nSPS) is 17.4. The third-order valence-corrected chi connectivity index (χ3v) is 8.42. The van der Waals surface area contributed by atoms with Crippen LogP contribution in [-0.4, -0.2) is 41.9 Å². The van der Waals surface area contributed by atoms with E-state index < -0.39 is 15.9 Å². The number of piperidine rings is 1. The highest BCUT2D eigenvalue weighted by Crippen LogP contribution is 2.29. The summed E-state index contributed by atoms with van der Waals surface area (Å²) in [5.41, 5.74) is 1.26. The largest absolute Gasteiger partial charge is 0.360 e. The third-order valence-electron chi connectivity index (χ3n) is 5.40. The third kappa shape index (κ3) is 4.74. The molecule has 1 aliphatic heterocycles. The SMILES string of the molecule is Cc1noc(C)c1S(=O)(=O)N1CCCC(C(=O)Nc2ncc(Cc3ccc(F)cc3)s2)C1. The molecule has 0 radical (unpaired) electrons. The first kappa shape index (κ1) is 22.6. The van der Waals surface area contributed by atoms with Crippen LogP contribution >= 0.6 is 11.3 Å². The van der Waals surface area contributed by atoms with Gasteiger partial charge in [-0.3, -0.25) is 4.79 Å². The van der Waals surface area contributed by atoms with Gasteiger partial charge in [-0.05, 0) is 44.4 Å². The minimum absolute atomic E-state index is 0.0731. The molecule has 0 aliphatic carbocycles. The summed E-state index contributed by atoms with van der Waals surface area (Å²) in [7, 11) is -3.80. The Balaban J connectivity index is 1.41. The first-order valence-corrected chi connectivity index (χ1v) is 12.4. The fourth-order valence-electron chi connectivity index (χ4n) is 3.80. The molecule has 8 nitrogen and oxygen atoms in total. The second-order valence-corrected chi connectivity index (χ2v) is 10.8. The van der Waals surface area contributed by atoms with Crippen LogP contribution in [0.5, 0.6) is 0 Å². The molecule has 4 rings (SSSR count). The standard InChI is InChI=1S/C21H23FN4O4S2/c1-13-19(14(2)30-25-13)32(28,29)26-9-3-4-16(12-26)20(27)24-21-23-11-18(31-21)10-15-5-7-17(22)8-6-15/h5-8,11,16H,3-4,9-10,12H2,1-2H3,(H,23,24,27). The van der Waals surface area contributed by atoms with E-state index >= 15 is 0 Å². The molecule has 1 atom stereocenters. The van der Waals surface area contributed by atoms with Crippen LogP contribution in [0, 0.1) is 25.6 Å². The Morgan fingerprint density at radius 1 is 1.31 bits per heavy atom. The number of carbonyl (C=O) groups excluding carboxylic acids is 1. The first-order valence-electron chi connectivity index (χ1n) is 10.2. The highest BCUT2D eigenvalue weighted by molar-refractivity contribution is 7.89. The zero-order valence-corrected chi connectivity index (χ0v) is 19.3. The monoisotopic (exact) mass is 478 g/mol. The number of halogens is 1. The number of hydrogen-bond acceptors (Lipinski definition) is 7. The molecular formula is C21H23FN4O4S2. The van der Waals surface area contributed by atoms with Gasteiger partial charge in [-0.1, -0.05) is 17.3 Å². The van der Waals surface area contributed by atoms with Crippen molar-refractivity contribution in [3.8, 4) is 0 Å². The molecule has 1 saturated heterocycles. The van der Waals surface area contributed by atoms with Crippen LogP contribution in [0.4, 0.5) is 9.52 Å². The smallest absolute Gasteiger partial charge is 0.248 e. The Kier molecular flexibility index (Phi) is 6.40. The van der Waals surface area contributed by atoms with E-state index in [0.29, 0.717) is 36.6 Å². The number of nitrogens with zero attached hydrogens (tertiary/aromatic N) is 3. The van der Waals surface area contributed by atoms with Crippen LogP contribution in [0.3, 0.4) is 0 Å². The Labute approximate surface area is 189 Å². The maximum atomic E-state index is 13.1. The zero-order valence-electron chi connectivity index (χ0n) is 17.7. The van der Waals surface area contributed by atoms with E-state index in [1.165, 1.54) is 27.8 Å². The molecule has 1 fully saturated rings. The molecule has 1 aliphatic rings. The number of sulfonamides is 1. The van der Waals surface area contributed by atoms with Crippen LogP contribution in [0.25, 0.3) is 0 Å². The highest BCUT2D eigenvalue weighted by Gasteiger charge is 2.36. The number of aryl methyl sites for hydroxylation is 2. The van der Waals surface area contributed by atoms with E-state index in [1.54, 1.807) is 32.2 Å². The van der Waals surface area contributed by atoms with E-state index in [1.807, 2.05) is 0 Å². The fourth-order valence-corrected chi connectivity index (χ4v) is 6.47. The van der Waals surface area contributed by atoms with Crippen molar-refractivity contribution in [3.63, 3.8) is 0 Å². The molecule has 2 aromatic heterocycles.